The van der Waals surface area contributed by atoms with Crippen molar-refractivity contribution in [2.75, 3.05) is 11.9 Å². The second-order valence-corrected chi connectivity index (χ2v) is 5.62. The molecule has 1 aromatic heterocycles. The van der Waals surface area contributed by atoms with Crippen molar-refractivity contribution in [3.63, 3.8) is 0 Å². The van der Waals surface area contributed by atoms with Crippen LogP contribution in [0.15, 0.2) is 18.2 Å². The van der Waals surface area contributed by atoms with Gasteiger partial charge in [0.25, 0.3) is 0 Å². The number of halogens is 1. The topological polar surface area (TPSA) is 59.0 Å². The number of amides is 1. The van der Waals surface area contributed by atoms with Gasteiger partial charge in [0.05, 0.1) is 11.4 Å². The molecule has 0 aliphatic carbocycles. The quantitative estimate of drug-likeness (QED) is 0.911. The van der Waals surface area contributed by atoms with Crippen LogP contribution in [0.2, 0.25) is 0 Å². The Morgan fingerprint density at radius 3 is 3.00 bits per heavy atom. The maximum absolute atomic E-state index is 14.5. The molecule has 2 aromatic rings. The van der Waals surface area contributed by atoms with Gasteiger partial charge in [0.15, 0.2) is 0 Å². The van der Waals surface area contributed by atoms with Crippen molar-refractivity contribution in [2.45, 2.75) is 33.4 Å². The molecule has 6 heteroatoms. The highest BCUT2D eigenvalue weighted by molar-refractivity contribution is 5.90. The van der Waals surface area contributed by atoms with Crippen LogP contribution in [-0.2, 0) is 24.3 Å². The molecule has 3 rings (SSSR count). The number of nitrogens with one attached hydrogen (secondary N) is 2. The molecule has 5 nitrogen and oxygen atoms in total. The van der Waals surface area contributed by atoms with E-state index in [1.165, 1.54) is 0 Å². The summed E-state index contributed by atoms with van der Waals surface area (Å²) in [5.74, 6) is -0.597. The van der Waals surface area contributed by atoms with Gasteiger partial charge in [-0.1, -0.05) is 6.07 Å². The standard InChI is InChI=1S/C16H19FN4O/c1-10-7-11(2)21(20-10)9-15(22)19-14-4-3-12-8-18-6-5-13(12)16(14)17/h3-4,7,18H,5-6,8-9H2,1-2H3,(H,19,22). The summed E-state index contributed by atoms with van der Waals surface area (Å²) in [6, 6.07) is 5.39. The second kappa shape index (κ2) is 5.88. The zero-order valence-electron chi connectivity index (χ0n) is 12.7. The van der Waals surface area contributed by atoms with Crippen molar-refractivity contribution in [1.82, 2.24) is 15.1 Å². The molecule has 1 aliphatic heterocycles. The van der Waals surface area contributed by atoms with E-state index >= 15 is 0 Å². The Hall–Kier alpha value is -2.21. The third-order valence-corrected chi connectivity index (χ3v) is 3.88. The minimum atomic E-state index is -0.319. The zero-order chi connectivity index (χ0) is 15.7. The van der Waals surface area contributed by atoms with Gasteiger partial charge < -0.3 is 10.6 Å². The highest BCUT2D eigenvalue weighted by atomic mass is 19.1. The van der Waals surface area contributed by atoms with Gasteiger partial charge in [-0.2, -0.15) is 5.10 Å². The Balaban J connectivity index is 1.75. The number of anilines is 1. The number of carbonyl (C=O) groups excluding carboxylic acids is 1. The lowest BCUT2D eigenvalue weighted by atomic mass is 9.99. The molecule has 0 fully saturated rings. The Morgan fingerprint density at radius 1 is 1.45 bits per heavy atom. The number of hydrogen-bond acceptors (Lipinski definition) is 3. The lowest BCUT2D eigenvalue weighted by Gasteiger charge is -2.19. The predicted molar refractivity (Wildman–Crippen MR) is 82.1 cm³/mol. The lowest BCUT2D eigenvalue weighted by Crippen LogP contribution is -2.26. The Kier molecular flexibility index (Phi) is 3.94. The smallest absolute Gasteiger partial charge is 0.246 e. The van der Waals surface area contributed by atoms with E-state index in [9.17, 15) is 9.18 Å². The Bertz CT molecular complexity index is 723. The molecule has 0 spiro atoms. The van der Waals surface area contributed by atoms with Crippen LogP contribution in [0.3, 0.4) is 0 Å². The monoisotopic (exact) mass is 302 g/mol. The summed E-state index contributed by atoms with van der Waals surface area (Å²) in [7, 11) is 0. The van der Waals surface area contributed by atoms with Crippen molar-refractivity contribution in [3.8, 4) is 0 Å². The predicted octanol–water partition coefficient (Wildman–Crippen LogP) is 1.92. The fourth-order valence-corrected chi connectivity index (χ4v) is 2.79. The fraction of sp³-hybridized carbons (Fsp3) is 0.375. The maximum Gasteiger partial charge on any atom is 0.246 e. The largest absolute Gasteiger partial charge is 0.322 e. The zero-order valence-corrected chi connectivity index (χ0v) is 12.7. The molecule has 2 N–H and O–H groups in total. The maximum atomic E-state index is 14.5. The molecule has 0 bridgehead atoms. The second-order valence-electron chi connectivity index (χ2n) is 5.62. The van der Waals surface area contributed by atoms with Gasteiger partial charge in [0.2, 0.25) is 5.91 Å². The van der Waals surface area contributed by atoms with Crippen LogP contribution in [0.1, 0.15) is 22.5 Å². The van der Waals surface area contributed by atoms with E-state index in [2.05, 4.69) is 15.7 Å². The SMILES string of the molecule is Cc1cc(C)n(CC(=O)Nc2ccc3c(c2F)CCNC3)n1. The van der Waals surface area contributed by atoms with E-state index in [0.717, 1.165) is 23.5 Å². The van der Waals surface area contributed by atoms with Crippen LogP contribution in [0.5, 0.6) is 0 Å². The van der Waals surface area contributed by atoms with E-state index in [0.29, 0.717) is 18.5 Å². The molecule has 116 valence electrons. The summed E-state index contributed by atoms with van der Waals surface area (Å²) in [6.45, 7) is 5.27. The molecular formula is C16H19FN4O. The highest BCUT2D eigenvalue weighted by Crippen LogP contribution is 2.24. The van der Waals surface area contributed by atoms with E-state index in [4.69, 9.17) is 0 Å². The normalized spacial score (nSPS) is 13.8. The number of aromatic nitrogens is 2. The van der Waals surface area contributed by atoms with E-state index in [-0.39, 0.29) is 24.0 Å². The third kappa shape index (κ3) is 2.87. The first-order valence-electron chi connectivity index (χ1n) is 7.36. The van der Waals surface area contributed by atoms with Crippen LogP contribution >= 0.6 is 0 Å². The Labute approximate surface area is 128 Å². The number of benzene rings is 1. The average Bonchev–Trinajstić information content (AvgIpc) is 2.80. The third-order valence-electron chi connectivity index (χ3n) is 3.88. The molecule has 0 unspecified atom stereocenters. The summed E-state index contributed by atoms with van der Waals surface area (Å²) in [5.41, 5.74) is 3.66. The molecule has 0 saturated heterocycles. The minimum Gasteiger partial charge on any atom is -0.322 e. The van der Waals surface area contributed by atoms with Gasteiger partial charge in [-0.3, -0.25) is 9.48 Å². The number of fused-ring (bicyclic) bond motifs is 1. The van der Waals surface area contributed by atoms with Crippen molar-refractivity contribution in [1.29, 1.82) is 0 Å². The summed E-state index contributed by atoms with van der Waals surface area (Å²) in [5, 5.41) is 10.1. The van der Waals surface area contributed by atoms with Gasteiger partial charge in [-0.05, 0) is 50.1 Å². The first-order chi connectivity index (χ1) is 10.5. The molecule has 0 saturated carbocycles. The van der Waals surface area contributed by atoms with E-state index < -0.39 is 0 Å². The molecule has 1 aromatic carbocycles. The van der Waals surface area contributed by atoms with Gasteiger partial charge in [0, 0.05) is 12.2 Å². The average molecular weight is 302 g/mol. The van der Waals surface area contributed by atoms with Crippen LogP contribution in [-0.4, -0.2) is 22.2 Å². The number of rotatable bonds is 3. The molecule has 0 radical (unpaired) electrons. The number of hydrogen-bond donors (Lipinski definition) is 2. The summed E-state index contributed by atoms with van der Waals surface area (Å²) >= 11 is 0. The van der Waals surface area contributed by atoms with Crippen molar-refractivity contribution < 1.29 is 9.18 Å². The molecule has 1 amide bonds. The molecule has 22 heavy (non-hydrogen) atoms. The van der Waals surface area contributed by atoms with Gasteiger partial charge in [-0.15, -0.1) is 0 Å². The van der Waals surface area contributed by atoms with Crippen LogP contribution in [0, 0.1) is 19.7 Å². The van der Waals surface area contributed by atoms with Gasteiger partial charge in [0.1, 0.15) is 12.4 Å². The van der Waals surface area contributed by atoms with Crippen molar-refractivity contribution >= 4 is 11.6 Å². The number of nitrogens with zero attached hydrogens (tertiary/aromatic N) is 2. The lowest BCUT2D eigenvalue weighted by molar-refractivity contribution is -0.117. The Morgan fingerprint density at radius 2 is 2.27 bits per heavy atom. The number of carbonyl (C=O) groups is 1. The van der Waals surface area contributed by atoms with Crippen molar-refractivity contribution in [3.05, 3.63) is 46.5 Å². The summed E-state index contributed by atoms with van der Waals surface area (Å²) < 4.78 is 16.1. The van der Waals surface area contributed by atoms with Crippen LogP contribution in [0.25, 0.3) is 0 Å². The van der Waals surface area contributed by atoms with Gasteiger partial charge in [-0.25, -0.2) is 4.39 Å². The first-order valence-corrected chi connectivity index (χ1v) is 7.36. The first kappa shape index (κ1) is 14.7. The molecule has 0 atom stereocenters. The van der Waals surface area contributed by atoms with Crippen LogP contribution < -0.4 is 10.6 Å². The minimum absolute atomic E-state index is 0.0811. The molecular weight excluding hydrogens is 283 g/mol. The summed E-state index contributed by atoms with van der Waals surface area (Å²) in [6.07, 6.45) is 0.641. The van der Waals surface area contributed by atoms with Crippen LogP contribution in [0.4, 0.5) is 10.1 Å². The summed E-state index contributed by atoms with van der Waals surface area (Å²) in [4.78, 5) is 12.1. The van der Waals surface area contributed by atoms with E-state index in [1.807, 2.05) is 26.0 Å². The van der Waals surface area contributed by atoms with E-state index in [1.54, 1.807) is 10.7 Å². The molecule has 1 aliphatic rings. The van der Waals surface area contributed by atoms with Gasteiger partial charge >= 0.3 is 0 Å². The van der Waals surface area contributed by atoms with Crippen molar-refractivity contribution in [2.24, 2.45) is 0 Å². The fourth-order valence-electron chi connectivity index (χ4n) is 2.79. The highest BCUT2D eigenvalue weighted by Gasteiger charge is 2.17. The molecule has 2 heterocycles. The number of aryl methyl sites for hydroxylation is 2.